The van der Waals surface area contributed by atoms with Crippen LogP contribution in [-0.4, -0.2) is 41.5 Å². The molecule has 1 amide bonds. The van der Waals surface area contributed by atoms with E-state index in [2.05, 4.69) is 44.2 Å². The van der Waals surface area contributed by atoms with Crippen molar-refractivity contribution in [2.75, 3.05) is 13.6 Å². The van der Waals surface area contributed by atoms with E-state index in [0.29, 0.717) is 17.8 Å². The molecule has 3 N–H and O–H groups in total. The van der Waals surface area contributed by atoms with Gasteiger partial charge in [-0.2, -0.15) is 0 Å². The lowest BCUT2D eigenvalue weighted by atomic mass is 10.0. The number of guanidine groups is 1. The summed E-state index contributed by atoms with van der Waals surface area (Å²) in [5, 5.41) is 8.71. The van der Waals surface area contributed by atoms with Crippen LogP contribution >= 0.6 is 0 Å². The minimum absolute atomic E-state index is 0.0164. The summed E-state index contributed by atoms with van der Waals surface area (Å²) in [5.41, 5.74) is 6.88. The quantitative estimate of drug-likeness (QED) is 0.609. The second-order valence-electron chi connectivity index (χ2n) is 7.51. The number of benzene rings is 2. The summed E-state index contributed by atoms with van der Waals surface area (Å²) in [6.45, 7) is 0.644. The molecular weight excluding hydrogens is 395 g/mol. The van der Waals surface area contributed by atoms with Crippen LogP contribution in [0.25, 0.3) is 16.6 Å². The minimum Gasteiger partial charge on any atom is -0.355 e. The van der Waals surface area contributed by atoms with Gasteiger partial charge in [0.25, 0.3) is 5.91 Å². The summed E-state index contributed by atoms with van der Waals surface area (Å²) in [7, 11) is 1.48. The fourth-order valence-corrected chi connectivity index (χ4v) is 3.91. The fraction of sp³-hybridized carbons (Fsp3) is 0.174. The van der Waals surface area contributed by atoms with Crippen molar-refractivity contribution in [1.29, 1.82) is 0 Å². The Kier molecular flexibility index (Phi) is 4.74. The highest BCUT2D eigenvalue weighted by atomic mass is 19.1. The first kappa shape index (κ1) is 19.0. The second-order valence-corrected chi connectivity index (χ2v) is 7.51. The number of aromatic nitrogens is 1. The number of nitrogens with one attached hydrogen (secondary N) is 3. The van der Waals surface area contributed by atoms with E-state index >= 15 is 0 Å². The lowest BCUT2D eigenvalue weighted by molar-refractivity contribution is 0.0959. The monoisotopic (exact) mass is 416 g/mol. The summed E-state index contributed by atoms with van der Waals surface area (Å²) in [6, 6.07) is 14.9. The Morgan fingerprint density at radius 3 is 3.00 bits per heavy atom. The third-order valence-electron chi connectivity index (χ3n) is 5.52. The van der Waals surface area contributed by atoms with Crippen LogP contribution in [0.2, 0.25) is 0 Å². The molecule has 3 aromatic rings. The van der Waals surface area contributed by atoms with Crippen LogP contribution in [0.5, 0.6) is 0 Å². The first-order chi connectivity index (χ1) is 15.1. The summed E-state index contributed by atoms with van der Waals surface area (Å²) < 4.78 is 14.4. The topological polar surface area (TPSA) is 81.6 Å². The largest absolute Gasteiger partial charge is 0.355 e. The average Bonchev–Trinajstić information content (AvgIpc) is 3.20. The molecular formula is C23H21FN6O. The first-order valence-corrected chi connectivity index (χ1v) is 10.0. The van der Waals surface area contributed by atoms with E-state index in [1.165, 1.54) is 24.7 Å². The molecule has 0 aliphatic carbocycles. The molecule has 156 valence electrons. The molecule has 8 heteroatoms. The van der Waals surface area contributed by atoms with Gasteiger partial charge in [-0.25, -0.2) is 9.38 Å². The number of aliphatic imine (C=N–C) groups is 1. The number of nitrogens with zero attached hydrogens (tertiary/aromatic N) is 3. The first-order valence-electron chi connectivity index (χ1n) is 10.0. The van der Waals surface area contributed by atoms with Crippen LogP contribution in [0.3, 0.4) is 0 Å². The van der Waals surface area contributed by atoms with Crippen molar-refractivity contribution >= 4 is 28.5 Å². The van der Waals surface area contributed by atoms with Crippen LogP contribution in [0.1, 0.15) is 21.5 Å². The number of halogens is 1. The number of hydrogen-bond donors (Lipinski definition) is 3. The maximum absolute atomic E-state index is 14.4. The number of rotatable bonds is 4. The maximum Gasteiger partial charge on any atom is 0.253 e. The Balaban J connectivity index is 1.34. The smallest absolute Gasteiger partial charge is 0.253 e. The molecule has 1 unspecified atom stereocenters. The summed E-state index contributed by atoms with van der Waals surface area (Å²) in [5.74, 6) is -0.284. The van der Waals surface area contributed by atoms with Gasteiger partial charge in [0, 0.05) is 30.4 Å². The van der Waals surface area contributed by atoms with Gasteiger partial charge in [0.15, 0.2) is 0 Å². The van der Waals surface area contributed by atoms with E-state index in [1.54, 1.807) is 18.5 Å². The summed E-state index contributed by atoms with van der Waals surface area (Å²) in [4.78, 5) is 20.7. The summed E-state index contributed by atoms with van der Waals surface area (Å²) >= 11 is 0. The van der Waals surface area contributed by atoms with Gasteiger partial charge in [0.05, 0.1) is 29.4 Å². The van der Waals surface area contributed by atoms with Gasteiger partial charge in [0.2, 0.25) is 5.96 Å². The number of carbonyl (C=O) groups is 1. The van der Waals surface area contributed by atoms with Crippen molar-refractivity contribution in [3.63, 3.8) is 0 Å². The zero-order valence-corrected chi connectivity index (χ0v) is 16.9. The van der Waals surface area contributed by atoms with Crippen LogP contribution in [0, 0.1) is 5.82 Å². The Morgan fingerprint density at radius 2 is 2.16 bits per heavy atom. The van der Waals surface area contributed by atoms with E-state index in [1.807, 2.05) is 17.1 Å². The zero-order chi connectivity index (χ0) is 21.4. The molecule has 0 spiro atoms. The molecule has 31 heavy (non-hydrogen) atoms. The lowest BCUT2D eigenvalue weighted by Crippen LogP contribution is -2.53. The number of carbonyl (C=O) groups excluding carboxylic acids is 1. The van der Waals surface area contributed by atoms with Gasteiger partial charge in [-0.1, -0.05) is 18.2 Å². The number of hydrogen-bond acceptors (Lipinski definition) is 6. The van der Waals surface area contributed by atoms with E-state index < -0.39 is 11.7 Å². The molecule has 5 rings (SSSR count). The third-order valence-corrected chi connectivity index (χ3v) is 5.52. The van der Waals surface area contributed by atoms with Crippen molar-refractivity contribution in [3.05, 3.63) is 83.4 Å². The van der Waals surface area contributed by atoms with Gasteiger partial charge in [0.1, 0.15) is 5.82 Å². The van der Waals surface area contributed by atoms with E-state index in [4.69, 9.17) is 0 Å². The predicted molar refractivity (Wildman–Crippen MR) is 117 cm³/mol. The minimum atomic E-state index is -0.568. The zero-order valence-electron chi connectivity index (χ0n) is 16.9. The number of hydrazine groups is 1. The number of fused-ring (bicyclic) bond motifs is 2. The Bertz CT molecular complexity index is 1240. The van der Waals surface area contributed by atoms with Crippen LogP contribution in [0.4, 0.5) is 4.39 Å². The molecule has 1 aromatic heterocycles. The van der Waals surface area contributed by atoms with Gasteiger partial charge in [-0.3, -0.25) is 20.2 Å². The number of amides is 1. The van der Waals surface area contributed by atoms with Gasteiger partial charge in [-0.15, -0.1) is 0 Å². The molecule has 2 aliphatic rings. The van der Waals surface area contributed by atoms with Crippen molar-refractivity contribution in [2.45, 2.75) is 12.5 Å². The third kappa shape index (κ3) is 3.56. The van der Waals surface area contributed by atoms with Gasteiger partial charge >= 0.3 is 0 Å². The van der Waals surface area contributed by atoms with E-state index in [0.717, 1.165) is 23.3 Å². The molecule has 0 bridgehead atoms. The van der Waals surface area contributed by atoms with Crippen molar-refractivity contribution in [3.8, 4) is 0 Å². The molecule has 7 nitrogen and oxygen atoms in total. The van der Waals surface area contributed by atoms with E-state index in [-0.39, 0.29) is 11.6 Å². The van der Waals surface area contributed by atoms with Gasteiger partial charge in [-0.05, 0) is 42.3 Å². The highest BCUT2D eigenvalue weighted by Gasteiger charge is 2.31. The highest BCUT2D eigenvalue weighted by Crippen LogP contribution is 2.23. The highest BCUT2D eigenvalue weighted by molar-refractivity contribution is 5.94. The van der Waals surface area contributed by atoms with Crippen molar-refractivity contribution < 1.29 is 9.18 Å². The molecule has 0 saturated carbocycles. The van der Waals surface area contributed by atoms with Crippen LogP contribution < -0.4 is 16.1 Å². The van der Waals surface area contributed by atoms with E-state index in [9.17, 15) is 9.18 Å². The molecule has 2 aliphatic heterocycles. The SMILES string of the molecule is CNC(=O)c1ccc(C2=CNC3=NCC(Cc4ccc5ncccc5c4)N3N2)cc1F. The van der Waals surface area contributed by atoms with Gasteiger partial charge < -0.3 is 10.6 Å². The second kappa shape index (κ2) is 7.71. The lowest BCUT2D eigenvalue weighted by Gasteiger charge is -2.33. The van der Waals surface area contributed by atoms with Crippen molar-refractivity contribution in [2.24, 2.45) is 4.99 Å². The Morgan fingerprint density at radius 1 is 1.26 bits per heavy atom. The Labute approximate surface area is 178 Å². The number of pyridine rings is 1. The molecule has 0 saturated heterocycles. The van der Waals surface area contributed by atoms with Crippen LogP contribution in [-0.2, 0) is 6.42 Å². The standard InChI is InChI=1S/C23H21FN6O/c1-25-22(31)18-6-5-16(11-19(18)24)21-13-28-23-27-12-17(30(23)29-21)10-14-4-7-20-15(9-14)3-2-8-26-20/h2-9,11,13,17,29H,10,12H2,1H3,(H,25,31)(H,27,28). The normalized spacial score (nSPS) is 17.4. The van der Waals surface area contributed by atoms with Crippen LogP contribution in [0.15, 0.2) is 65.9 Å². The predicted octanol–water partition coefficient (Wildman–Crippen LogP) is 2.42. The molecule has 0 radical (unpaired) electrons. The fourth-order valence-electron chi connectivity index (χ4n) is 3.91. The molecule has 3 heterocycles. The van der Waals surface area contributed by atoms with Crippen molar-refractivity contribution in [1.82, 2.24) is 26.1 Å². The maximum atomic E-state index is 14.4. The molecule has 0 fully saturated rings. The Hall–Kier alpha value is -3.94. The summed E-state index contributed by atoms with van der Waals surface area (Å²) in [6.07, 6.45) is 4.35. The molecule has 1 atom stereocenters. The molecule has 2 aromatic carbocycles. The average molecular weight is 416 g/mol.